The van der Waals surface area contributed by atoms with Crippen LogP contribution >= 0.6 is 12.4 Å². The van der Waals surface area contributed by atoms with E-state index >= 15 is 0 Å². The Labute approximate surface area is 149 Å². The van der Waals surface area contributed by atoms with Crippen LogP contribution in [0.1, 0.15) is 43.5 Å². The number of benzene rings is 1. The summed E-state index contributed by atoms with van der Waals surface area (Å²) < 4.78 is 5.43. The van der Waals surface area contributed by atoms with Crippen LogP contribution in [0, 0.1) is 0 Å². The maximum Gasteiger partial charge on any atom is 0.255 e. The molecule has 7 heteroatoms. The van der Waals surface area contributed by atoms with E-state index in [2.05, 4.69) is 10.6 Å². The first-order valence-corrected chi connectivity index (χ1v) is 8.07. The summed E-state index contributed by atoms with van der Waals surface area (Å²) in [5, 5.41) is 5.62. The van der Waals surface area contributed by atoms with Gasteiger partial charge in [0.1, 0.15) is 5.75 Å². The van der Waals surface area contributed by atoms with E-state index in [4.69, 9.17) is 10.5 Å². The van der Waals surface area contributed by atoms with Crippen LogP contribution in [0.2, 0.25) is 0 Å². The lowest BCUT2D eigenvalue weighted by Gasteiger charge is -2.10. The Morgan fingerprint density at radius 2 is 1.92 bits per heavy atom. The molecule has 0 radical (unpaired) electrons. The summed E-state index contributed by atoms with van der Waals surface area (Å²) in [5.41, 5.74) is 6.12. The Morgan fingerprint density at radius 1 is 1.21 bits per heavy atom. The zero-order valence-electron chi connectivity index (χ0n) is 14.3. The minimum atomic E-state index is -0.189. The highest BCUT2D eigenvalue weighted by Crippen LogP contribution is 2.17. The molecule has 0 bridgehead atoms. The van der Waals surface area contributed by atoms with Crippen molar-refractivity contribution in [1.29, 1.82) is 0 Å². The minimum absolute atomic E-state index is 0. The van der Waals surface area contributed by atoms with E-state index in [0.717, 1.165) is 6.42 Å². The summed E-state index contributed by atoms with van der Waals surface area (Å²) in [5.74, 6) is 0.363. The normalized spacial score (nSPS) is 11.1. The highest BCUT2D eigenvalue weighted by atomic mass is 35.5. The van der Waals surface area contributed by atoms with Gasteiger partial charge < -0.3 is 21.1 Å². The van der Waals surface area contributed by atoms with Gasteiger partial charge in [0.15, 0.2) is 0 Å². The predicted octanol–water partition coefficient (Wildman–Crippen LogP) is 1.87. The van der Waals surface area contributed by atoms with E-state index < -0.39 is 0 Å². The second-order valence-corrected chi connectivity index (χ2v) is 5.40. The predicted molar refractivity (Wildman–Crippen MR) is 97.7 cm³/mol. The average Bonchev–Trinajstić information content (AvgIpc) is 2.52. The molecule has 24 heavy (non-hydrogen) atoms. The van der Waals surface area contributed by atoms with E-state index in [-0.39, 0.29) is 30.3 Å². The Morgan fingerprint density at radius 3 is 2.58 bits per heavy atom. The lowest BCUT2D eigenvalue weighted by atomic mass is 10.2. The zero-order chi connectivity index (χ0) is 17.1. The Kier molecular flexibility index (Phi) is 11.7. The molecule has 1 aromatic carbocycles. The first kappa shape index (κ1) is 22.2. The van der Waals surface area contributed by atoms with Crippen molar-refractivity contribution in [3.63, 3.8) is 0 Å². The molecule has 1 aromatic rings. The van der Waals surface area contributed by atoms with E-state index in [1.54, 1.807) is 18.2 Å². The summed E-state index contributed by atoms with van der Waals surface area (Å²) in [6.45, 7) is 5.32. The summed E-state index contributed by atoms with van der Waals surface area (Å²) in [7, 11) is 0. The van der Waals surface area contributed by atoms with Crippen molar-refractivity contribution in [3.05, 3.63) is 29.8 Å². The molecule has 1 rings (SSSR count). The SMILES string of the molecule is CCOc1ccccc1C(=O)NCCCC(=O)NCCC(C)N.Cl. The standard InChI is InChI=1S/C17H27N3O3.ClH/c1-3-23-15-8-5-4-7-14(15)17(22)20-11-6-9-16(21)19-12-10-13(2)18;/h4-5,7-8,13H,3,6,9-12,18H2,1-2H3,(H,19,21)(H,20,22);1H. The number of nitrogens with two attached hydrogens (primary N) is 1. The van der Waals surface area contributed by atoms with Crippen LogP contribution in [0.5, 0.6) is 5.75 Å². The molecule has 1 atom stereocenters. The molecule has 4 N–H and O–H groups in total. The molecule has 0 saturated heterocycles. The topological polar surface area (TPSA) is 93.4 Å². The Hall–Kier alpha value is -1.79. The molecule has 1 unspecified atom stereocenters. The number of halogens is 1. The second-order valence-electron chi connectivity index (χ2n) is 5.40. The lowest BCUT2D eigenvalue weighted by molar-refractivity contribution is -0.121. The molecule has 0 aliphatic carbocycles. The van der Waals surface area contributed by atoms with Crippen LogP contribution in [0.3, 0.4) is 0 Å². The molecule has 6 nitrogen and oxygen atoms in total. The maximum absolute atomic E-state index is 12.1. The van der Waals surface area contributed by atoms with Crippen molar-refractivity contribution in [3.8, 4) is 5.75 Å². The van der Waals surface area contributed by atoms with E-state index in [0.29, 0.717) is 43.9 Å². The fourth-order valence-electron chi connectivity index (χ4n) is 2.01. The number of nitrogens with one attached hydrogen (secondary N) is 2. The van der Waals surface area contributed by atoms with Crippen LogP contribution in [-0.4, -0.2) is 37.6 Å². The van der Waals surface area contributed by atoms with Gasteiger partial charge in [-0.05, 0) is 38.8 Å². The van der Waals surface area contributed by atoms with Gasteiger partial charge in [0.25, 0.3) is 5.91 Å². The monoisotopic (exact) mass is 357 g/mol. The van der Waals surface area contributed by atoms with Crippen LogP contribution < -0.4 is 21.1 Å². The molecule has 0 fully saturated rings. The van der Waals surface area contributed by atoms with Crippen LogP contribution in [0.25, 0.3) is 0 Å². The van der Waals surface area contributed by atoms with Crippen molar-refractivity contribution >= 4 is 24.2 Å². The molecular weight excluding hydrogens is 330 g/mol. The lowest BCUT2D eigenvalue weighted by Crippen LogP contribution is -2.30. The van der Waals surface area contributed by atoms with Crippen molar-refractivity contribution < 1.29 is 14.3 Å². The number of carbonyl (C=O) groups excluding carboxylic acids is 2. The van der Waals surface area contributed by atoms with E-state index in [1.807, 2.05) is 19.9 Å². The third-order valence-corrected chi connectivity index (χ3v) is 3.22. The van der Waals surface area contributed by atoms with Gasteiger partial charge in [-0.3, -0.25) is 9.59 Å². The third-order valence-electron chi connectivity index (χ3n) is 3.22. The number of hydrogen-bond acceptors (Lipinski definition) is 4. The molecule has 0 saturated carbocycles. The molecule has 0 spiro atoms. The fourth-order valence-corrected chi connectivity index (χ4v) is 2.01. The van der Waals surface area contributed by atoms with Gasteiger partial charge in [-0.2, -0.15) is 0 Å². The van der Waals surface area contributed by atoms with Gasteiger partial charge in [-0.25, -0.2) is 0 Å². The third kappa shape index (κ3) is 8.74. The van der Waals surface area contributed by atoms with Crippen molar-refractivity contribution in [2.45, 2.75) is 39.2 Å². The minimum Gasteiger partial charge on any atom is -0.493 e. The summed E-state index contributed by atoms with van der Waals surface area (Å²) in [6, 6.07) is 7.20. The van der Waals surface area contributed by atoms with Gasteiger partial charge in [-0.15, -0.1) is 12.4 Å². The summed E-state index contributed by atoms with van der Waals surface area (Å²) in [6.07, 6.45) is 1.73. The molecule has 0 aromatic heterocycles. The van der Waals surface area contributed by atoms with Gasteiger partial charge in [-0.1, -0.05) is 12.1 Å². The first-order chi connectivity index (χ1) is 11.0. The van der Waals surface area contributed by atoms with E-state index in [1.165, 1.54) is 0 Å². The zero-order valence-corrected chi connectivity index (χ0v) is 15.2. The Balaban J connectivity index is 0.00000529. The summed E-state index contributed by atoms with van der Waals surface area (Å²) >= 11 is 0. The highest BCUT2D eigenvalue weighted by Gasteiger charge is 2.11. The van der Waals surface area contributed by atoms with Crippen molar-refractivity contribution in [2.75, 3.05) is 19.7 Å². The highest BCUT2D eigenvalue weighted by molar-refractivity contribution is 5.96. The molecule has 0 aliphatic rings. The van der Waals surface area contributed by atoms with Gasteiger partial charge in [0.05, 0.1) is 12.2 Å². The molecule has 0 heterocycles. The smallest absolute Gasteiger partial charge is 0.255 e. The molecule has 2 amide bonds. The van der Waals surface area contributed by atoms with Crippen molar-refractivity contribution in [2.24, 2.45) is 5.73 Å². The maximum atomic E-state index is 12.1. The first-order valence-electron chi connectivity index (χ1n) is 8.07. The average molecular weight is 358 g/mol. The quantitative estimate of drug-likeness (QED) is 0.557. The number of hydrogen-bond donors (Lipinski definition) is 3. The van der Waals surface area contributed by atoms with Gasteiger partial charge in [0.2, 0.25) is 5.91 Å². The number of para-hydroxylation sites is 1. The van der Waals surface area contributed by atoms with Crippen LogP contribution in [-0.2, 0) is 4.79 Å². The van der Waals surface area contributed by atoms with Crippen molar-refractivity contribution in [1.82, 2.24) is 10.6 Å². The molecular formula is C17H28ClN3O3. The fraction of sp³-hybridized carbons (Fsp3) is 0.529. The largest absolute Gasteiger partial charge is 0.493 e. The van der Waals surface area contributed by atoms with Gasteiger partial charge in [0, 0.05) is 25.6 Å². The number of amides is 2. The van der Waals surface area contributed by atoms with Crippen LogP contribution in [0.15, 0.2) is 24.3 Å². The number of carbonyl (C=O) groups is 2. The number of ether oxygens (including phenoxy) is 1. The van der Waals surface area contributed by atoms with E-state index in [9.17, 15) is 9.59 Å². The molecule has 0 aliphatic heterocycles. The Bertz CT molecular complexity index is 510. The summed E-state index contributed by atoms with van der Waals surface area (Å²) in [4.78, 5) is 23.7. The number of rotatable bonds is 10. The second kappa shape index (κ2) is 12.6. The van der Waals surface area contributed by atoms with Crippen LogP contribution in [0.4, 0.5) is 0 Å². The molecule has 136 valence electrons. The van der Waals surface area contributed by atoms with Gasteiger partial charge >= 0.3 is 0 Å².